The van der Waals surface area contributed by atoms with Crippen molar-refractivity contribution in [3.05, 3.63) is 0 Å². The van der Waals surface area contributed by atoms with E-state index in [0.717, 1.165) is 65.0 Å². The summed E-state index contributed by atoms with van der Waals surface area (Å²) in [6.07, 6.45) is 6.69. The molecule has 22 heavy (non-hydrogen) atoms. The zero-order valence-corrected chi connectivity index (χ0v) is 13.1. The van der Waals surface area contributed by atoms with Gasteiger partial charge in [-0.15, -0.1) is 0 Å². The van der Waals surface area contributed by atoms with Crippen LogP contribution in [0, 0.1) is 76.9 Å². The lowest BCUT2D eigenvalue weighted by Gasteiger charge is -2.31. The average molecular weight is 298 g/mol. The molecule has 2 nitrogen and oxygen atoms in total. The van der Waals surface area contributed by atoms with Gasteiger partial charge in [0.1, 0.15) is 5.78 Å². The lowest BCUT2D eigenvalue weighted by atomic mass is 9.75. The van der Waals surface area contributed by atoms with Gasteiger partial charge in [-0.25, -0.2) is 0 Å². The molecule has 0 unspecified atom stereocenters. The molecule has 2 heteroatoms. The van der Waals surface area contributed by atoms with Gasteiger partial charge in [-0.2, -0.15) is 0 Å². The Morgan fingerprint density at radius 3 is 2.32 bits per heavy atom. The second-order valence-electron chi connectivity index (χ2n) is 9.92. The highest BCUT2D eigenvalue weighted by molar-refractivity contribution is 5.88. The van der Waals surface area contributed by atoms with Crippen LogP contribution in [-0.4, -0.2) is 17.5 Å². The third kappa shape index (κ3) is 0.951. The van der Waals surface area contributed by atoms with Gasteiger partial charge in [0.15, 0.2) is 0 Å². The molecule has 7 fully saturated rings. The Labute approximate surface area is 132 Å². The van der Waals surface area contributed by atoms with Crippen molar-refractivity contribution >= 4 is 5.78 Å². The van der Waals surface area contributed by atoms with Gasteiger partial charge in [0, 0.05) is 18.4 Å². The minimum absolute atomic E-state index is 0.442. The molecule has 0 aliphatic heterocycles. The number of hydrogen-bond donors (Lipinski definition) is 1. The summed E-state index contributed by atoms with van der Waals surface area (Å²) >= 11 is 0. The molecule has 7 saturated carbocycles. The van der Waals surface area contributed by atoms with Crippen molar-refractivity contribution in [2.24, 2.45) is 76.9 Å². The standard InChI is InChI=1S/C20H26O2/c21-6-11-12-7-2-1-3-8(7)15-16(12)17-14(11)9-4-5-10-13(9)18(17)19(15)20(10)22/h7-19,21H,1-6H2/t7-,8+,9+,10+,11+,12-,13-,14+,15+,16-,17+,18-,19-/m0/s1. The van der Waals surface area contributed by atoms with E-state index in [-0.39, 0.29) is 0 Å². The highest BCUT2D eigenvalue weighted by atomic mass is 16.3. The van der Waals surface area contributed by atoms with Crippen LogP contribution in [0.15, 0.2) is 0 Å². The van der Waals surface area contributed by atoms with Gasteiger partial charge in [0.2, 0.25) is 0 Å². The second-order valence-corrected chi connectivity index (χ2v) is 9.92. The molecule has 13 atom stereocenters. The van der Waals surface area contributed by atoms with Crippen LogP contribution in [0.3, 0.4) is 0 Å². The monoisotopic (exact) mass is 298 g/mol. The fourth-order valence-electron chi connectivity index (χ4n) is 10.6. The molecule has 7 aliphatic carbocycles. The van der Waals surface area contributed by atoms with Gasteiger partial charge >= 0.3 is 0 Å². The summed E-state index contributed by atoms with van der Waals surface area (Å²) in [7, 11) is 0. The number of rotatable bonds is 1. The fraction of sp³-hybridized carbons (Fsp3) is 0.950. The van der Waals surface area contributed by atoms with E-state index in [2.05, 4.69) is 0 Å². The predicted octanol–water partition coefficient (Wildman–Crippen LogP) is 2.60. The number of carbonyl (C=O) groups excluding carboxylic acids is 1. The summed E-state index contributed by atoms with van der Waals surface area (Å²) in [6, 6.07) is 0. The number of hydrogen-bond acceptors (Lipinski definition) is 2. The van der Waals surface area contributed by atoms with Crippen molar-refractivity contribution in [1.82, 2.24) is 0 Å². The van der Waals surface area contributed by atoms with Crippen LogP contribution < -0.4 is 0 Å². The lowest BCUT2D eigenvalue weighted by molar-refractivity contribution is -0.126. The Hall–Kier alpha value is -0.370. The molecule has 0 aromatic carbocycles. The van der Waals surface area contributed by atoms with Gasteiger partial charge in [0.25, 0.3) is 0 Å². The van der Waals surface area contributed by atoms with Crippen LogP contribution in [0.5, 0.6) is 0 Å². The first-order chi connectivity index (χ1) is 10.8. The minimum Gasteiger partial charge on any atom is -0.396 e. The summed E-state index contributed by atoms with van der Waals surface area (Å²) in [5, 5.41) is 10.3. The van der Waals surface area contributed by atoms with Gasteiger partial charge < -0.3 is 5.11 Å². The molecular formula is C20H26O2. The van der Waals surface area contributed by atoms with E-state index in [1.54, 1.807) is 0 Å². The normalized spacial score (nSPS) is 71.7. The van der Waals surface area contributed by atoms with Crippen molar-refractivity contribution in [3.8, 4) is 0 Å². The molecule has 0 aromatic rings. The maximum absolute atomic E-state index is 13.2. The molecule has 0 amide bonds. The third-order valence-electron chi connectivity index (χ3n) is 10.3. The molecule has 7 aliphatic rings. The Morgan fingerprint density at radius 2 is 1.50 bits per heavy atom. The van der Waals surface area contributed by atoms with Gasteiger partial charge in [-0.3, -0.25) is 4.79 Å². The fourth-order valence-corrected chi connectivity index (χ4v) is 10.6. The van der Waals surface area contributed by atoms with E-state index in [1.807, 2.05) is 0 Å². The van der Waals surface area contributed by atoms with E-state index in [1.165, 1.54) is 32.1 Å². The average Bonchev–Trinajstić information content (AvgIpc) is 3.26. The SMILES string of the molecule is O=C1[C@@H]2[C@@H]3[C@@H]4[C@@H]([C@H](CO)[C@@H]5[C@H]6CCC[C@H]6[C@@H]2[C@H]54)[C@@H]2CC[C@@H]1[C@H]23. The minimum atomic E-state index is 0.442. The van der Waals surface area contributed by atoms with Crippen molar-refractivity contribution < 1.29 is 9.90 Å². The quantitative estimate of drug-likeness (QED) is 0.808. The molecule has 0 aromatic heterocycles. The molecule has 0 spiro atoms. The van der Waals surface area contributed by atoms with Crippen LogP contribution >= 0.6 is 0 Å². The van der Waals surface area contributed by atoms with Gasteiger partial charge in [0.05, 0.1) is 0 Å². The Kier molecular flexibility index (Phi) is 1.92. The van der Waals surface area contributed by atoms with Crippen molar-refractivity contribution in [3.63, 3.8) is 0 Å². The number of fused-ring (bicyclic) bond motifs is 5. The zero-order chi connectivity index (χ0) is 14.3. The summed E-state index contributed by atoms with van der Waals surface area (Å²) in [6.45, 7) is 0.442. The van der Waals surface area contributed by atoms with Gasteiger partial charge in [-0.1, -0.05) is 6.42 Å². The maximum Gasteiger partial charge on any atom is 0.139 e. The van der Waals surface area contributed by atoms with Crippen LogP contribution in [0.25, 0.3) is 0 Å². The number of Topliss-reactive ketones (excluding diaryl/α,β-unsaturated/α-hetero) is 1. The summed E-state index contributed by atoms with van der Waals surface area (Å²) in [5.74, 6) is 10.4. The van der Waals surface area contributed by atoms with Crippen molar-refractivity contribution in [2.45, 2.75) is 32.1 Å². The van der Waals surface area contributed by atoms with Crippen LogP contribution in [0.1, 0.15) is 32.1 Å². The highest BCUT2D eigenvalue weighted by Crippen LogP contribution is 2.82. The maximum atomic E-state index is 13.2. The Morgan fingerprint density at radius 1 is 0.773 bits per heavy atom. The van der Waals surface area contributed by atoms with E-state index in [9.17, 15) is 9.90 Å². The Bertz CT molecular complexity index is 578. The van der Waals surface area contributed by atoms with Crippen LogP contribution in [0.4, 0.5) is 0 Å². The predicted molar refractivity (Wildman–Crippen MR) is 80.5 cm³/mol. The first-order valence-corrected chi connectivity index (χ1v) is 9.97. The number of ketones is 1. The van der Waals surface area contributed by atoms with Crippen molar-refractivity contribution in [2.75, 3.05) is 6.61 Å². The van der Waals surface area contributed by atoms with Crippen molar-refractivity contribution in [1.29, 1.82) is 0 Å². The largest absolute Gasteiger partial charge is 0.396 e. The second kappa shape index (κ2) is 3.50. The lowest BCUT2D eigenvalue weighted by Crippen LogP contribution is -2.29. The summed E-state index contributed by atoms with van der Waals surface area (Å²) in [4.78, 5) is 13.2. The topological polar surface area (TPSA) is 37.3 Å². The van der Waals surface area contributed by atoms with E-state index in [0.29, 0.717) is 24.4 Å². The first-order valence-electron chi connectivity index (χ1n) is 9.97. The molecule has 0 heterocycles. The molecule has 0 radical (unpaired) electrons. The molecule has 118 valence electrons. The zero-order valence-electron chi connectivity index (χ0n) is 13.1. The Balaban J connectivity index is 1.47. The first kappa shape index (κ1) is 12.1. The molecule has 7 rings (SSSR count). The summed E-state index contributed by atoms with van der Waals surface area (Å²) in [5.41, 5.74) is 0. The molecule has 0 bridgehead atoms. The smallest absolute Gasteiger partial charge is 0.139 e. The summed E-state index contributed by atoms with van der Waals surface area (Å²) < 4.78 is 0. The van der Waals surface area contributed by atoms with Gasteiger partial charge in [-0.05, 0) is 90.8 Å². The number of carbonyl (C=O) groups is 1. The third-order valence-corrected chi connectivity index (χ3v) is 10.3. The molecule has 0 saturated heterocycles. The van der Waals surface area contributed by atoms with Crippen LogP contribution in [-0.2, 0) is 4.79 Å². The van der Waals surface area contributed by atoms with E-state index >= 15 is 0 Å². The highest BCUT2D eigenvalue weighted by Gasteiger charge is 2.80. The van der Waals surface area contributed by atoms with Crippen LogP contribution in [0.2, 0.25) is 0 Å². The van der Waals surface area contributed by atoms with E-state index < -0.39 is 0 Å². The number of aliphatic hydroxyl groups excluding tert-OH is 1. The van der Waals surface area contributed by atoms with E-state index in [4.69, 9.17) is 0 Å². The molecular weight excluding hydrogens is 272 g/mol. The molecule has 1 N–H and O–H groups in total. The number of aliphatic hydroxyl groups is 1.